The Morgan fingerprint density at radius 3 is 2.31 bits per heavy atom. The van der Waals surface area contributed by atoms with Gasteiger partial charge in [-0.2, -0.15) is 0 Å². The molecule has 16 heavy (non-hydrogen) atoms. The molecule has 1 aromatic rings. The predicted molar refractivity (Wildman–Crippen MR) is 70.2 cm³/mol. The lowest BCUT2D eigenvalue weighted by molar-refractivity contribution is 0.154. The molecule has 0 saturated heterocycles. The van der Waals surface area contributed by atoms with Crippen LogP contribution in [0.4, 0.5) is 0 Å². The summed E-state index contributed by atoms with van der Waals surface area (Å²) in [7, 11) is 4.26. The van der Waals surface area contributed by atoms with Crippen LogP contribution in [0.15, 0.2) is 24.3 Å². The Morgan fingerprint density at radius 2 is 1.88 bits per heavy atom. The highest BCUT2D eigenvalue weighted by atomic mass is 15.1. The summed E-state index contributed by atoms with van der Waals surface area (Å²) in [6, 6.07) is 9.00. The zero-order valence-corrected chi connectivity index (χ0v) is 11.1. The van der Waals surface area contributed by atoms with Crippen molar-refractivity contribution in [3.05, 3.63) is 35.4 Å². The van der Waals surface area contributed by atoms with Crippen molar-refractivity contribution in [2.24, 2.45) is 11.1 Å². The van der Waals surface area contributed by atoms with Crippen LogP contribution in [0.3, 0.4) is 0 Å². The van der Waals surface area contributed by atoms with Gasteiger partial charge in [-0.05, 0) is 30.6 Å². The van der Waals surface area contributed by atoms with Gasteiger partial charge in [0, 0.05) is 12.6 Å². The Bertz CT molecular complexity index is 337. The van der Waals surface area contributed by atoms with E-state index in [0.29, 0.717) is 12.6 Å². The van der Waals surface area contributed by atoms with Gasteiger partial charge >= 0.3 is 0 Å². The van der Waals surface area contributed by atoms with Crippen LogP contribution >= 0.6 is 0 Å². The Balaban J connectivity index is 3.11. The standard InChI is InChI=1S/C14H24N2/c1-14(2,3)13(16(4)5)12-8-6-7-11(9-12)10-15/h6-9,13H,10,15H2,1-5H3. The minimum absolute atomic E-state index is 0.219. The van der Waals surface area contributed by atoms with E-state index in [0.717, 1.165) is 0 Å². The fraction of sp³-hybridized carbons (Fsp3) is 0.571. The normalized spacial score (nSPS) is 14.2. The SMILES string of the molecule is CN(C)C(c1cccc(CN)c1)C(C)(C)C. The first-order valence-electron chi connectivity index (χ1n) is 5.81. The van der Waals surface area contributed by atoms with E-state index in [2.05, 4.69) is 64.0 Å². The molecule has 0 radical (unpaired) electrons. The van der Waals surface area contributed by atoms with Crippen molar-refractivity contribution in [1.82, 2.24) is 4.90 Å². The van der Waals surface area contributed by atoms with Crippen LogP contribution in [0.2, 0.25) is 0 Å². The Kier molecular flexibility index (Phi) is 4.11. The van der Waals surface area contributed by atoms with Gasteiger partial charge in [0.25, 0.3) is 0 Å². The van der Waals surface area contributed by atoms with Crippen molar-refractivity contribution in [1.29, 1.82) is 0 Å². The average Bonchev–Trinajstić information content (AvgIpc) is 2.15. The van der Waals surface area contributed by atoms with E-state index in [-0.39, 0.29) is 5.41 Å². The van der Waals surface area contributed by atoms with Crippen LogP contribution in [0.25, 0.3) is 0 Å². The molecular weight excluding hydrogens is 196 g/mol. The van der Waals surface area contributed by atoms with Gasteiger partial charge < -0.3 is 10.6 Å². The molecule has 0 aliphatic carbocycles. The number of benzene rings is 1. The smallest absolute Gasteiger partial charge is 0.0390 e. The molecule has 0 aromatic heterocycles. The summed E-state index contributed by atoms with van der Waals surface area (Å²) >= 11 is 0. The lowest BCUT2D eigenvalue weighted by Crippen LogP contribution is -2.31. The van der Waals surface area contributed by atoms with E-state index in [1.54, 1.807) is 0 Å². The summed E-state index contributed by atoms with van der Waals surface area (Å²) < 4.78 is 0. The summed E-state index contributed by atoms with van der Waals surface area (Å²) in [5.74, 6) is 0. The van der Waals surface area contributed by atoms with Gasteiger partial charge in [-0.25, -0.2) is 0 Å². The first kappa shape index (κ1) is 13.2. The first-order valence-corrected chi connectivity index (χ1v) is 5.81. The molecule has 2 heteroatoms. The molecule has 90 valence electrons. The van der Waals surface area contributed by atoms with Crippen molar-refractivity contribution in [2.45, 2.75) is 33.4 Å². The van der Waals surface area contributed by atoms with E-state index in [1.807, 2.05) is 0 Å². The molecule has 1 rings (SSSR count). The van der Waals surface area contributed by atoms with Crippen molar-refractivity contribution >= 4 is 0 Å². The topological polar surface area (TPSA) is 29.3 Å². The molecule has 2 N–H and O–H groups in total. The van der Waals surface area contributed by atoms with Gasteiger partial charge in [0.2, 0.25) is 0 Å². The third kappa shape index (κ3) is 3.06. The van der Waals surface area contributed by atoms with E-state index < -0.39 is 0 Å². The van der Waals surface area contributed by atoms with Gasteiger partial charge in [0.05, 0.1) is 0 Å². The molecule has 1 atom stereocenters. The van der Waals surface area contributed by atoms with E-state index >= 15 is 0 Å². The second-order valence-corrected chi connectivity index (χ2v) is 5.68. The van der Waals surface area contributed by atoms with Crippen LogP contribution in [-0.4, -0.2) is 19.0 Å². The molecular formula is C14H24N2. The Labute approximate surface area is 99.5 Å². The molecule has 0 aliphatic rings. The van der Waals surface area contributed by atoms with Crippen LogP contribution < -0.4 is 5.73 Å². The fourth-order valence-corrected chi connectivity index (χ4v) is 2.46. The summed E-state index contributed by atoms with van der Waals surface area (Å²) in [6.07, 6.45) is 0. The number of rotatable bonds is 3. The maximum absolute atomic E-state index is 5.69. The van der Waals surface area contributed by atoms with Crippen LogP contribution in [0.1, 0.15) is 37.9 Å². The molecule has 1 unspecified atom stereocenters. The van der Waals surface area contributed by atoms with Gasteiger partial charge in [0.1, 0.15) is 0 Å². The number of nitrogens with zero attached hydrogens (tertiary/aromatic N) is 1. The second-order valence-electron chi connectivity index (χ2n) is 5.68. The number of hydrogen-bond acceptors (Lipinski definition) is 2. The Hall–Kier alpha value is -0.860. The largest absolute Gasteiger partial charge is 0.326 e. The van der Waals surface area contributed by atoms with Crippen molar-refractivity contribution in [2.75, 3.05) is 14.1 Å². The average molecular weight is 220 g/mol. The first-order chi connectivity index (χ1) is 7.36. The summed E-state index contributed by atoms with van der Waals surface area (Å²) in [5.41, 5.74) is 8.46. The zero-order chi connectivity index (χ0) is 12.3. The van der Waals surface area contributed by atoms with Crippen molar-refractivity contribution < 1.29 is 0 Å². The van der Waals surface area contributed by atoms with Crippen LogP contribution in [-0.2, 0) is 6.54 Å². The lowest BCUT2D eigenvalue weighted by atomic mass is 9.81. The number of nitrogens with two attached hydrogens (primary N) is 1. The maximum Gasteiger partial charge on any atom is 0.0390 e. The van der Waals surface area contributed by atoms with Gasteiger partial charge in [0.15, 0.2) is 0 Å². The highest BCUT2D eigenvalue weighted by Gasteiger charge is 2.27. The molecule has 0 heterocycles. The summed E-state index contributed by atoms with van der Waals surface area (Å²) in [6.45, 7) is 7.42. The molecule has 0 amide bonds. The second kappa shape index (κ2) is 4.98. The third-order valence-electron chi connectivity index (χ3n) is 2.84. The molecule has 0 fully saturated rings. The fourth-order valence-electron chi connectivity index (χ4n) is 2.46. The van der Waals surface area contributed by atoms with Gasteiger partial charge in [-0.15, -0.1) is 0 Å². The van der Waals surface area contributed by atoms with E-state index in [1.165, 1.54) is 11.1 Å². The van der Waals surface area contributed by atoms with Crippen LogP contribution in [0, 0.1) is 5.41 Å². The predicted octanol–water partition coefficient (Wildman–Crippen LogP) is 2.79. The quantitative estimate of drug-likeness (QED) is 0.848. The minimum Gasteiger partial charge on any atom is -0.326 e. The highest BCUT2D eigenvalue weighted by Crippen LogP contribution is 2.36. The van der Waals surface area contributed by atoms with Gasteiger partial charge in [-0.3, -0.25) is 0 Å². The zero-order valence-electron chi connectivity index (χ0n) is 11.1. The van der Waals surface area contributed by atoms with E-state index in [9.17, 15) is 0 Å². The van der Waals surface area contributed by atoms with E-state index in [4.69, 9.17) is 5.73 Å². The van der Waals surface area contributed by atoms with Gasteiger partial charge in [-0.1, -0.05) is 45.0 Å². The van der Waals surface area contributed by atoms with Crippen molar-refractivity contribution in [3.8, 4) is 0 Å². The highest BCUT2D eigenvalue weighted by molar-refractivity contribution is 5.27. The van der Waals surface area contributed by atoms with Crippen LogP contribution in [0.5, 0.6) is 0 Å². The minimum atomic E-state index is 0.219. The molecule has 0 spiro atoms. The molecule has 2 nitrogen and oxygen atoms in total. The lowest BCUT2D eigenvalue weighted by Gasteiger charge is -2.36. The summed E-state index contributed by atoms with van der Waals surface area (Å²) in [4.78, 5) is 2.27. The number of hydrogen-bond donors (Lipinski definition) is 1. The maximum atomic E-state index is 5.69. The molecule has 0 saturated carbocycles. The molecule has 0 aliphatic heterocycles. The Morgan fingerprint density at radius 1 is 1.25 bits per heavy atom. The van der Waals surface area contributed by atoms with Crippen molar-refractivity contribution in [3.63, 3.8) is 0 Å². The molecule has 1 aromatic carbocycles. The third-order valence-corrected chi connectivity index (χ3v) is 2.84. The summed E-state index contributed by atoms with van der Waals surface area (Å²) in [5, 5.41) is 0. The molecule has 0 bridgehead atoms. The monoisotopic (exact) mass is 220 g/mol.